The van der Waals surface area contributed by atoms with Crippen molar-refractivity contribution in [1.82, 2.24) is 20.3 Å². The van der Waals surface area contributed by atoms with Crippen molar-refractivity contribution in [1.29, 1.82) is 0 Å². The first-order valence-electron chi connectivity index (χ1n) is 10.0. The quantitative estimate of drug-likeness (QED) is 0.383. The number of benzene rings is 1. The van der Waals surface area contributed by atoms with Gasteiger partial charge in [0, 0.05) is 28.4 Å². The summed E-state index contributed by atoms with van der Waals surface area (Å²) in [4.78, 5) is 11.6. The van der Waals surface area contributed by atoms with Crippen molar-refractivity contribution >= 4 is 35.0 Å². The van der Waals surface area contributed by atoms with Crippen LogP contribution in [0.15, 0.2) is 48.9 Å². The summed E-state index contributed by atoms with van der Waals surface area (Å²) in [5.41, 5.74) is 2.35. The molecule has 1 aromatic carbocycles. The molecule has 0 amide bonds. The van der Waals surface area contributed by atoms with Crippen LogP contribution in [0.4, 0.5) is 8.78 Å². The second kappa shape index (κ2) is 9.40. The molecule has 1 aliphatic heterocycles. The van der Waals surface area contributed by atoms with Crippen LogP contribution in [0.5, 0.6) is 5.75 Å². The summed E-state index contributed by atoms with van der Waals surface area (Å²) in [6.07, 6.45) is 6.27. The van der Waals surface area contributed by atoms with Gasteiger partial charge >= 0.3 is 0 Å². The van der Waals surface area contributed by atoms with Gasteiger partial charge in [0.1, 0.15) is 18.2 Å². The lowest BCUT2D eigenvalue weighted by Crippen LogP contribution is -2.28. The third kappa shape index (κ3) is 4.16. The number of ether oxygens (including phenoxy) is 1. The van der Waals surface area contributed by atoms with E-state index < -0.39 is 11.6 Å². The van der Waals surface area contributed by atoms with E-state index in [1.807, 2.05) is 0 Å². The molecule has 0 bridgehead atoms. The minimum Gasteiger partial charge on any atom is -0.490 e. The van der Waals surface area contributed by atoms with Crippen LogP contribution in [-0.4, -0.2) is 34.1 Å². The number of halogens is 4. The number of nitrogens with one attached hydrogen (secondary N) is 2. The molecule has 1 atom stereocenters. The Morgan fingerprint density at radius 3 is 2.81 bits per heavy atom. The summed E-state index contributed by atoms with van der Waals surface area (Å²) in [6, 6.07) is 8.03. The molecule has 1 aliphatic rings. The highest BCUT2D eigenvalue weighted by Crippen LogP contribution is 2.43. The molecule has 0 unspecified atom stereocenters. The maximum Gasteiger partial charge on any atom is 0.154 e. The highest BCUT2D eigenvalue weighted by atomic mass is 35.5. The van der Waals surface area contributed by atoms with Crippen LogP contribution in [0.3, 0.4) is 0 Å². The Balaban J connectivity index is 0.00000245. The summed E-state index contributed by atoms with van der Waals surface area (Å²) in [7, 11) is 0. The van der Waals surface area contributed by atoms with Crippen LogP contribution in [-0.2, 0) is 0 Å². The van der Waals surface area contributed by atoms with Gasteiger partial charge in [-0.2, -0.15) is 0 Å². The molecule has 1 fully saturated rings. The Bertz CT molecular complexity index is 1260. The Kier molecular flexibility index (Phi) is 6.60. The number of pyridine rings is 2. The number of nitrogens with zero attached hydrogens (tertiary/aromatic N) is 2. The molecule has 0 saturated carbocycles. The van der Waals surface area contributed by atoms with Crippen LogP contribution in [0.25, 0.3) is 33.4 Å². The van der Waals surface area contributed by atoms with Crippen LogP contribution in [0.2, 0.25) is 5.02 Å². The molecule has 2 N–H and O–H groups in total. The molecular formula is C23H20Cl2F2N4O. The molecule has 166 valence electrons. The minimum atomic E-state index is -0.577. The average molecular weight is 477 g/mol. The molecule has 5 nitrogen and oxygen atoms in total. The van der Waals surface area contributed by atoms with Crippen LogP contribution in [0.1, 0.15) is 12.8 Å². The van der Waals surface area contributed by atoms with Gasteiger partial charge in [-0.25, -0.2) is 8.78 Å². The number of H-pyrrole nitrogens is 1. The highest BCUT2D eigenvalue weighted by Gasteiger charge is 2.25. The van der Waals surface area contributed by atoms with Gasteiger partial charge in [0.25, 0.3) is 0 Å². The lowest BCUT2D eigenvalue weighted by molar-refractivity contribution is 0.276. The first-order chi connectivity index (χ1) is 15.1. The van der Waals surface area contributed by atoms with E-state index in [1.54, 1.807) is 18.3 Å². The number of hydrogen-bond acceptors (Lipinski definition) is 4. The fourth-order valence-electron chi connectivity index (χ4n) is 4.02. The van der Waals surface area contributed by atoms with E-state index in [1.165, 1.54) is 24.4 Å². The van der Waals surface area contributed by atoms with Gasteiger partial charge in [0.05, 0.1) is 34.7 Å². The number of aromatic amines is 1. The SMILES string of the molecule is Cl.Fc1ccc(Cl)cc1-c1c(-c2c(F)cncc2OC[C@@H]2CCCN2)[nH]c2cccnc12. The van der Waals surface area contributed by atoms with Crippen molar-refractivity contribution in [2.24, 2.45) is 0 Å². The predicted molar refractivity (Wildman–Crippen MR) is 123 cm³/mol. The molecule has 5 rings (SSSR count). The lowest BCUT2D eigenvalue weighted by Gasteiger charge is -2.16. The van der Waals surface area contributed by atoms with Crippen molar-refractivity contribution in [3.8, 4) is 28.1 Å². The van der Waals surface area contributed by atoms with Gasteiger partial charge in [-0.05, 0) is 49.7 Å². The summed E-state index contributed by atoms with van der Waals surface area (Å²) in [5, 5.41) is 3.72. The zero-order valence-electron chi connectivity index (χ0n) is 16.9. The molecule has 0 radical (unpaired) electrons. The Morgan fingerprint density at radius 2 is 2.00 bits per heavy atom. The standard InChI is InChI=1S/C23H19ClF2N4O.ClH/c24-13-5-6-16(25)15(9-13)20-22-18(4-2-8-29-22)30-23(20)21-17(26)10-27-11-19(21)31-12-14-3-1-7-28-14;/h2,4-6,8-11,14,28,30H,1,3,7,12H2;1H/t14-;/m0./s1. The molecule has 0 aliphatic carbocycles. The number of aromatic nitrogens is 3. The summed E-state index contributed by atoms with van der Waals surface area (Å²) in [6.45, 7) is 1.33. The largest absolute Gasteiger partial charge is 0.490 e. The third-order valence-corrected chi connectivity index (χ3v) is 5.70. The number of hydrogen-bond donors (Lipinski definition) is 2. The molecule has 4 heterocycles. The summed E-state index contributed by atoms with van der Waals surface area (Å²) < 4.78 is 36.0. The fourth-order valence-corrected chi connectivity index (χ4v) is 4.19. The maximum absolute atomic E-state index is 15.1. The fraction of sp³-hybridized carbons (Fsp3) is 0.217. The molecular weight excluding hydrogens is 457 g/mol. The second-order valence-corrected chi connectivity index (χ2v) is 7.93. The lowest BCUT2D eigenvalue weighted by atomic mass is 9.99. The van der Waals surface area contributed by atoms with Crippen molar-refractivity contribution in [2.75, 3.05) is 13.2 Å². The van der Waals surface area contributed by atoms with Crippen molar-refractivity contribution in [3.63, 3.8) is 0 Å². The van der Waals surface area contributed by atoms with E-state index in [4.69, 9.17) is 16.3 Å². The van der Waals surface area contributed by atoms with Gasteiger partial charge < -0.3 is 15.0 Å². The first kappa shape index (κ1) is 22.5. The van der Waals surface area contributed by atoms with Crippen LogP contribution < -0.4 is 10.1 Å². The van der Waals surface area contributed by atoms with Crippen molar-refractivity contribution in [2.45, 2.75) is 18.9 Å². The normalized spacial score (nSPS) is 15.7. The Labute approximate surface area is 194 Å². The third-order valence-electron chi connectivity index (χ3n) is 5.47. The number of rotatable bonds is 5. The summed E-state index contributed by atoms with van der Waals surface area (Å²) in [5.74, 6) is -0.777. The molecule has 32 heavy (non-hydrogen) atoms. The minimum absolute atomic E-state index is 0. The first-order valence-corrected chi connectivity index (χ1v) is 10.4. The van der Waals surface area contributed by atoms with Crippen molar-refractivity contribution in [3.05, 3.63) is 65.6 Å². The van der Waals surface area contributed by atoms with Crippen LogP contribution in [0, 0.1) is 11.6 Å². The summed E-state index contributed by atoms with van der Waals surface area (Å²) >= 11 is 6.16. The van der Waals surface area contributed by atoms with Gasteiger partial charge in [-0.1, -0.05) is 11.6 Å². The zero-order chi connectivity index (χ0) is 21.4. The predicted octanol–water partition coefficient (Wildman–Crippen LogP) is 5.78. The highest BCUT2D eigenvalue weighted by molar-refractivity contribution is 6.31. The van der Waals surface area contributed by atoms with Gasteiger partial charge in [0.15, 0.2) is 5.82 Å². The van der Waals surface area contributed by atoms with E-state index in [-0.39, 0.29) is 35.3 Å². The van der Waals surface area contributed by atoms with Gasteiger partial charge in [-0.15, -0.1) is 12.4 Å². The molecule has 9 heteroatoms. The van der Waals surface area contributed by atoms with E-state index in [0.717, 1.165) is 25.6 Å². The maximum atomic E-state index is 15.1. The van der Waals surface area contributed by atoms with E-state index in [9.17, 15) is 4.39 Å². The molecule has 4 aromatic rings. The van der Waals surface area contributed by atoms with E-state index in [0.29, 0.717) is 33.9 Å². The van der Waals surface area contributed by atoms with E-state index in [2.05, 4.69) is 20.3 Å². The Hall–Kier alpha value is -2.74. The van der Waals surface area contributed by atoms with Crippen molar-refractivity contribution < 1.29 is 13.5 Å². The monoisotopic (exact) mass is 476 g/mol. The van der Waals surface area contributed by atoms with Gasteiger partial charge in [-0.3, -0.25) is 9.97 Å². The van der Waals surface area contributed by atoms with E-state index >= 15 is 4.39 Å². The molecule has 1 saturated heterocycles. The Morgan fingerprint density at radius 1 is 1.12 bits per heavy atom. The zero-order valence-corrected chi connectivity index (χ0v) is 18.4. The molecule has 3 aromatic heterocycles. The second-order valence-electron chi connectivity index (χ2n) is 7.50. The smallest absolute Gasteiger partial charge is 0.154 e. The van der Waals surface area contributed by atoms with Crippen LogP contribution >= 0.6 is 24.0 Å². The van der Waals surface area contributed by atoms with Gasteiger partial charge in [0.2, 0.25) is 0 Å². The molecule has 0 spiro atoms. The number of fused-ring (bicyclic) bond motifs is 1. The topological polar surface area (TPSA) is 62.8 Å². The average Bonchev–Trinajstić information content (AvgIpc) is 3.41.